The summed E-state index contributed by atoms with van der Waals surface area (Å²) in [7, 11) is 0. The number of hydrogen-bond acceptors (Lipinski definition) is 5. The monoisotopic (exact) mass is 323 g/mol. The van der Waals surface area contributed by atoms with E-state index in [2.05, 4.69) is 15.8 Å². The number of hydrogen-bond donors (Lipinski definition) is 3. The molecular weight excluding hydrogens is 302 g/mol. The number of aliphatic carboxylic acids is 1. The second-order valence-corrected chi connectivity index (χ2v) is 6.16. The zero-order valence-electron chi connectivity index (χ0n) is 13.2. The molecule has 0 radical (unpaired) electrons. The summed E-state index contributed by atoms with van der Waals surface area (Å²) in [5.74, 6) is -1.70. The van der Waals surface area contributed by atoms with Gasteiger partial charge in [-0.15, -0.1) is 0 Å². The van der Waals surface area contributed by atoms with Crippen molar-refractivity contribution in [2.24, 2.45) is 5.92 Å². The molecule has 126 valence electrons. The van der Waals surface area contributed by atoms with Crippen LogP contribution in [0.25, 0.3) is 0 Å². The van der Waals surface area contributed by atoms with Crippen LogP contribution in [0.5, 0.6) is 0 Å². The Morgan fingerprint density at radius 1 is 1.39 bits per heavy atom. The molecule has 2 amide bonds. The summed E-state index contributed by atoms with van der Waals surface area (Å²) in [5, 5.41) is 17.8. The van der Waals surface area contributed by atoms with E-state index >= 15 is 0 Å². The minimum atomic E-state index is -1.09. The average Bonchev–Trinajstić information content (AvgIpc) is 3.20. The van der Waals surface area contributed by atoms with Gasteiger partial charge in [-0.3, -0.25) is 9.59 Å². The molecule has 1 aromatic rings. The zero-order valence-corrected chi connectivity index (χ0v) is 13.2. The molecular formula is C15H21N3O5. The van der Waals surface area contributed by atoms with Crippen molar-refractivity contribution in [1.82, 2.24) is 15.8 Å². The average molecular weight is 323 g/mol. The number of nitrogens with zero attached hydrogens (tertiary/aromatic N) is 1. The topological polar surface area (TPSA) is 122 Å². The van der Waals surface area contributed by atoms with Crippen LogP contribution >= 0.6 is 0 Å². The van der Waals surface area contributed by atoms with Crippen LogP contribution in [-0.2, 0) is 9.59 Å². The van der Waals surface area contributed by atoms with E-state index in [0.717, 1.165) is 12.8 Å². The first kappa shape index (κ1) is 17.0. The third-order valence-corrected chi connectivity index (χ3v) is 3.56. The Morgan fingerprint density at radius 2 is 2.09 bits per heavy atom. The third-order valence-electron chi connectivity index (χ3n) is 3.56. The fourth-order valence-electron chi connectivity index (χ4n) is 2.26. The Balaban J connectivity index is 1.84. The number of carboxylic acids is 1. The van der Waals surface area contributed by atoms with Crippen LogP contribution in [-0.4, -0.2) is 40.6 Å². The summed E-state index contributed by atoms with van der Waals surface area (Å²) < 4.78 is 4.83. The minimum Gasteiger partial charge on any atom is -0.480 e. The normalized spacial score (nSPS) is 15.3. The van der Waals surface area contributed by atoms with Crippen molar-refractivity contribution in [2.45, 2.75) is 45.1 Å². The predicted molar refractivity (Wildman–Crippen MR) is 79.8 cm³/mol. The zero-order chi connectivity index (χ0) is 17.0. The summed E-state index contributed by atoms with van der Waals surface area (Å²) in [4.78, 5) is 35.0. The number of amides is 2. The summed E-state index contributed by atoms with van der Waals surface area (Å²) >= 11 is 0. The van der Waals surface area contributed by atoms with Gasteiger partial charge in [-0.25, -0.2) is 4.79 Å². The van der Waals surface area contributed by atoms with E-state index in [1.165, 1.54) is 6.26 Å². The number of carboxylic acid groups (broad SMARTS) is 1. The molecule has 8 nitrogen and oxygen atoms in total. The number of aromatic nitrogens is 1. The number of carbonyl (C=O) groups excluding carboxylic acids is 2. The molecule has 0 unspecified atom stereocenters. The maximum absolute atomic E-state index is 12.1. The van der Waals surface area contributed by atoms with Crippen LogP contribution in [0.1, 0.15) is 55.1 Å². The second kappa shape index (κ2) is 7.26. The maximum Gasteiger partial charge on any atom is 0.326 e. The van der Waals surface area contributed by atoms with Crippen LogP contribution in [0.4, 0.5) is 0 Å². The third kappa shape index (κ3) is 4.80. The molecule has 0 aromatic carbocycles. The van der Waals surface area contributed by atoms with Gasteiger partial charge in [-0.2, -0.15) is 0 Å². The summed E-state index contributed by atoms with van der Waals surface area (Å²) in [5.41, 5.74) is 0.948. The quantitative estimate of drug-likeness (QED) is 0.653. The van der Waals surface area contributed by atoms with E-state index in [1.54, 1.807) is 0 Å². The van der Waals surface area contributed by atoms with Crippen molar-refractivity contribution in [1.29, 1.82) is 0 Å². The van der Waals surface area contributed by atoms with Crippen LogP contribution in [0.2, 0.25) is 0 Å². The van der Waals surface area contributed by atoms with E-state index in [-0.39, 0.29) is 18.4 Å². The van der Waals surface area contributed by atoms with Crippen molar-refractivity contribution >= 4 is 17.8 Å². The van der Waals surface area contributed by atoms with E-state index in [4.69, 9.17) is 9.63 Å². The highest BCUT2D eigenvalue weighted by Gasteiger charge is 2.31. The van der Waals surface area contributed by atoms with E-state index in [0.29, 0.717) is 17.7 Å². The largest absolute Gasteiger partial charge is 0.480 e. The lowest BCUT2D eigenvalue weighted by Crippen LogP contribution is -2.46. The fraction of sp³-hybridized carbons (Fsp3) is 0.600. The molecule has 0 bridgehead atoms. The highest BCUT2D eigenvalue weighted by Crippen LogP contribution is 2.40. The first-order chi connectivity index (χ1) is 10.9. The van der Waals surface area contributed by atoms with Crippen molar-refractivity contribution < 1.29 is 24.0 Å². The molecule has 1 aromatic heterocycles. The number of rotatable bonds is 8. The lowest BCUT2D eigenvalue weighted by Gasteiger charge is -2.16. The molecule has 3 N–H and O–H groups in total. The van der Waals surface area contributed by atoms with Gasteiger partial charge < -0.3 is 20.3 Å². The Kier molecular flexibility index (Phi) is 5.36. The van der Waals surface area contributed by atoms with Crippen LogP contribution in [0.3, 0.4) is 0 Å². The van der Waals surface area contributed by atoms with E-state index < -0.39 is 23.8 Å². The van der Waals surface area contributed by atoms with E-state index in [9.17, 15) is 14.4 Å². The highest BCUT2D eigenvalue weighted by molar-refractivity contribution is 5.97. The van der Waals surface area contributed by atoms with Crippen molar-refractivity contribution in [3.8, 4) is 0 Å². The highest BCUT2D eigenvalue weighted by atomic mass is 16.5. The Morgan fingerprint density at radius 3 is 2.65 bits per heavy atom. The van der Waals surface area contributed by atoms with Gasteiger partial charge in [0.15, 0.2) is 0 Å². The molecule has 1 aliphatic carbocycles. The van der Waals surface area contributed by atoms with E-state index in [1.807, 2.05) is 13.8 Å². The van der Waals surface area contributed by atoms with Gasteiger partial charge >= 0.3 is 5.97 Å². The van der Waals surface area contributed by atoms with Crippen LogP contribution in [0, 0.1) is 5.92 Å². The van der Waals surface area contributed by atoms with Gasteiger partial charge in [0.05, 0.1) is 12.2 Å². The van der Waals surface area contributed by atoms with Crippen molar-refractivity contribution in [3.05, 3.63) is 17.5 Å². The molecule has 0 spiro atoms. The summed E-state index contributed by atoms with van der Waals surface area (Å²) in [6, 6.07) is -0.961. The SMILES string of the molecule is CC(C)C[C@H](NC(=O)CNC(=O)c1conc1C1CC1)C(=O)O. The van der Waals surface area contributed by atoms with Gasteiger partial charge in [-0.05, 0) is 25.2 Å². The lowest BCUT2D eigenvalue weighted by molar-refractivity contribution is -0.142. The van der Waals surface area contributed by atoms with Crippen LogP contribution in [0.15, 0.2) is 10.8 Å². The predicted octanol–water partition coefficient (Wildman–Crippen LogP) is 0.897. The molecule has 1 heterocycles. The molecule has 0 aliphatic heterocycles. The van der Waals surface area contributed by atoms with Gasteiger partial charge in [0.1, 0.15) is 17.9 Å². The minimum absolute atomic E-state index is 0.129. The molecule has 1 atom stereocenters. The van der Waals surface area contributed by atoms with Crippen LogP contribution < -0.4 is 10.6 Å². The van der Waals surface area contributed by atoms with Crippen molar-refractivity contribution in [2.75, 3.05) is 6.54 Å². The van der Waals surface area contributed by atoms with Gasteiger partial charge in [0.2, 0.25) is 5.91 Å². The number of nitrogens with one attached hydrogen (secondary N) is 2. The standard InChI is InChI=1S/C15H21N3O5/c1-8(2)5-11(15(21)22)17-12(19)6-16-14(20)10-7-23-18-13(10)9-3-4-9/h7-9,11H,3-6H2,1-2H3,(H,16,20)(H,17,19)(H,21,22)/t11-/m0/s1. The Bertz CT molecular complexity index is 592. The number of carbonyl (C=O) groups is 3. The van der Waals surface area contributed by atoms with Crippen molar-refractivity contribution in [3.63, 3.8) is 0 Å². The smallest absolute Gasteiger partial charge is 0.326 e. The Labute approximate surface area is 133 Å². The molecule has 8 heteroatoms. The van der Waals surface area contributed by atoms with Gasteiger partial charge in [-0.1, -0.05) is 19.0 Å². The van der Waals surface area contributed by atoms with Gasteiger partial charge in [0, 0.05) is 5.92 Å². The molecule has 1 fully saturated rings. The second-order valence-electron chi connectivity index (χ2n) is 6.16. The fourth-order valence-corrected chi connectivity index (χ4v) is 2.26. The first-order valence-electron chi connectivity index (χ1n) is 7.63. The first-order valence-corrected chi connectivity index (χ1v) is 7.63. The molecule has 0 saturated heterocycles. The molecule has 23 heavy (non-hydrogen) atoms. The van der Waals surface area contributed by atoms with Gasteiger partial charge in [0.25, 0.3) is 5.91 Å². The maximum atomic E-state index is 12.1. The molecule has 1 aliphatic rings. The Hall–Kier alpha value is -2.38. The molecule has 1 saturated carbocycles. The summed E-state index contributed by atoms with van der Waals surface area (Å²) in [6.45, 7) is 3.44. The summed E-state index contributed by atoms with van der Waals surface area (Å²) in [6.07, 6.45) is 3.54. The lowest BCUT2D eigenvalue weighted by atomic mass is 10.0. The molecule has 2 rings (SSSR count).